The molecule has 0 bridgehead atoms. The second-order valence-electron chi connectivity index (χ2n) is 5.80. The standard InChI is InChI=1S/C18H20FN3O2/c1-12(22(2)11-13-3-7-15(19)8-4-13)18(24)21-16-9-5-14(6-10-16)17(20)23/h3-10,12H,11H2,1-2H3,(H2,20,23)(H,21,24)/p+1/t12-/m0/s1. The molecule has 2 atom stereocenters. The third kappa shape index (κ3) is 4.63. The molecule has 0 aliphatic rings. The highest BCUT2D eigenvalue weighted by Gasteiger charge is 2.22. The maximum absolute atomic E-state index is 12.9. The SMILES string of the molecule is C[C@@H](C(=O)Nc1ccc(C(N)=O)cc1)[NH+](C)Cc1ccc(F)cc1. The van der Waals surface area contributed by atoms with Gasteiger partial charge in [0, 0.05) is 16.8 Å². The minimum Gasteiger partial charge on any atom is -0.366 e. The van der Waals surface area contributed by atoms with E-state index >= 15 is 0 Å². The van der Waals surface area contributed by atoms with Gasteiger partial charge < -0.3 is 16.0 Å². The van der Waals surface area contributed by atoms with Crippen molar-refractivity contribution in [1.82, 2.24) is 0 Å². The Balaban J connectivity index is 1.95. The number of carbonyl (C=O) groups is 2. The molecule has 24 heavy (non-hydrogen) atoms. The first kappa shape index (κ1) is 17.6. The van der Waals surface area contributed by atoms with E-state index in [1.165, 1.54) is 12.1 Å². The molecule has 126 valence electrons. The fourth-order valence-electron chi connectivity index (χ4n) is 2.27. The van der Waals surface area contributed by atoms with Crippen LogP contribution in [0.1, 0.15) is 22.8 Å². The highest BCUT2D eigenvalue weighted by atomic mass is 19.1. The molecule has 2 aromatic carbocycles. The summed E-state index contributed by atoms with van der Waals surface area (Å²) in [6.45, 7) is 2.43. The molecule has 6 heteroatoms. The lowest BCUT2D eigenvalue weighted by Gasteiger charge is -2.21. The van der Waals surface area contributed by atoms with Crippen molar-refractivity contribution in [1.29, 1.82) is 0 Å². The van der Waals surface area contributed by atoms with E-state index in [0.29, 0.717) is 17.8 Å². The van der Waals surface area contributed by atoms with Gasteiger partial charge in [0.25, 0.3) is 5.91 Å². The van der Waals surface area contributed by atoms with Gasteiger partial charge in [0.2, 0.25) is 5.91 Å². The Labute approximate surface area is 140 Å². The van der Waals surface area contributed by atoms with Gasteiger partial charge in [0.05, 0.1) is 7.05 Å². The number of amides is 2. The van der Waals surface area contributed by atoms with Crippen LogP contribution >= 0.6 is 0 Å². The molecule has 0 fully saturated rings. The summed E-state index contributed by atoms with van der Waals surface area (Å²) in [6, 6.07) is 12.4. The minimum absolute atomic E-state index is 0.138. The van der Waals surface area contributed by atoms with Gasteiger partial charge in [0.15, 0.2) is 6.04 Å². The molecule has 4 N–H and O–H groups in total. The number of rotatable bonds is 6. The van der Waals surface area contributed by atoms with Crippen LogP contribution in [0.15, 0.2) is 48.5 Å². The Morgan fingerprint density at radius 3 is 2.25 bits per heavy atom. The van der Waals surface area contributed by atoms with E-state index in [1.54, 1.807) is 36.4 Å². The first-order valence-corrected chi connectivity index (χ1v) is 7.64. The summed E-state index contributed by atoms with van der Waals surface area (Å²) in [5.41, 5.74) is 7.13. The molecule has 0 saturated carbocycles. The summed E-state index contributed by atoms with van der Waals surface area (Å²) in [6.07, 6.45) is 0. The van der Waals surface area contributed by atoms with Crippen LogP contribution in [0.2, 0.25) is 0 Å². The Morgan fingerprint density at radius 2 is 1.71 bits per heavy atom. The predicted molar refractivity (Wildman–Crippen MR) is 90.0 cm³/mol. The second-order valence-corrected chi connectivity index (χ2v) is 5.80. The third-order valence-corrected chi connectivity index (χ3v) is 3.97. The van der Waals surface area contributed by atoms with Crippen molar-refractivity contribution in [3.63, 3.8) is 0 Å². The van der Waals surface area contributed by atoms with E-state index in [4.69, 9.17) is 5.73 Å². The topological polar surface area (TPSA) is 76.6 Å². The van der Waals surface area contributed by atoms with Crippen molar-refractivity contribution in [3.05, 3.63) is 65.5 Å². The number of primary amides is 1. The van der Waals surface area contributed by atoms with Crippen LogP contribution in [0.4, 0.5) is 10.1 Å². The maximum Gasteiger partial charge on any atom is 0.282 e. The summed E-state index contributed by atoms with van der Waals surface area (Å²) < 4.78 is 12.9. The monoisotopic (exact) mass is 330 g/mol. The van der Waals surface area contributed by atoms with Crippen LogP contribution < -0.4 is 16.0 Å². The van der Waals surface area contributed by atoms with E-state index in [0.717, 1.165) is 10.5 Å². The molecule has 0 aromatic heterocycles. The minimum atomic E-state index is -0.510. The summed E-state index contributed by atoms with van der Waals surface area (Å²) >= 11 is 0. The number of halogens is 1. The van der Waals surface area contributed by atoms with Gasteiger partial charge in [-0.25, -0.2) is 4.39 Å². The summed E-state index contributed by atoms with van der Waals surface area (Å²) in [4.78, 5) is 24.3. The van der Waals surface area contributed by atoms with Crippen molar-refractivity contribution in [2.75, 3.05) is 12.4 Å². The molecular weight excluding hydrogens is 309 g/mol. The van der Waals surface area contributed by atoms with Gasteiger partial charge in [-0.15, -0.1) is 0 Å². The van der Waals surface area contributed by atoms with Crippen LogP contribution in [0.5, 0.6) is 0 Å². The third-order valence-electron chi connectivity index (χ3n) is 3.97. The van der Waals surface area contributed by atoms with E-state index < -0.39 is 5.91 Å². The Kier molecular flexibility index (Phi) is 5.65. The molecule has 0 spiro atoms. The van der Waals surface area contributed by atoms with Crippen LogP contribution in [0.25, 0.3) is 0 Å². The number of benzene rings is 2. The van der Waals surface area contributed by atoms with Crippen molar-refractivity contribution in [2.24, 2.45) is 5.73 Å². The zero-order valence-electron chi connectivity index (χ0n) is 13.7. The van der Waals surface area contributed by atoms with Gasteiger partial charge >= 0.3 is 0 Å². The lowest BCUT2D eigenvalue weighted by Crippen LogP contribution is -3.12. The largest absolute Gasteiger partial charge is 0.366 e. The molecule has 2 rings (SSSR count). The van der Waals surface area contributed by atoms with E-state index in [2.05, 4.69) is 5.32 Å². The molecule has 2 amide bonds. The first-order chi connectivity index (χ1) is 11.4. The molecule has 5 nitrogen and oxygen atoms in total. The number of carbonyl (C=O) groups excluding carboxylic acids is 2. The molecular formula is C18H21FN3O2+. The molecule has 0 aliphatic carbocycles. The average molecular weight is 330 g/mol. The maximum atomic E-state index is 12.9. The molecule has 0 heterocycles. The number of hydrogen-bond acceptors (Lipinski definition) is 2. The van der Waals surface area contributed by atoms with Gasteiger partial charge in [-0.2, -0.15) is 0 Å². The van der Waals surface area contributed by atoms with Gasteiger partial charge in [0.1, 0.15) is 12.4 Å². The van der Waals surface area contributed by atoms with Gasteiger partial charge in [-0.05, 0) is 43.3 Å². The summed E-state index contributed by atoms with van der Waals surface area (Å²) in [5.74, 6) is -0.923. The van der Waals surface area contributed by atoms with Gasteiger partial charge in [-0.1, -0.05) is 12.1 Å². The first-order valence-electron chi connectivity index (χ1n) is 7.64. The zero-order chi connectivity index (χ0) is 17.7. The van der Waals surface area contributed by atoms with Crippen molar-refractivity contribution >= 4 is 17.5 Å². The summed E-state index contributed by atoms with van der Waals surface area (Å²) in [7, 11) is 1.91. The quantitative estimate of drug-likeness (QED) is 0.738. The molecule has 2 aromatic rings. The van der Waals surface area contributed by atoms with E-state index in [-0.39, 0.29) is 17.8 Å². The van der Waals surface area contributed by atoms with E-state index in [9.17, 15) is 14.0 Å². The Bertz CT molecular complexity index is 714. The number of hydrogen-bond donors (Lipinski definition) is 3. The van der Waals surface area contributed by atoms with Gasteiger partial charge in [-0.3, -0.25) is 9.59 Å². The molecule has 0 saturated heterocycles. The number of nitrogens with two attached hydrogens (primary N) is 1. The lowest BCUT2D eigenvalue weighted by atomic mass is 10.1. The van der Waals surface area contributed by atoms with Crippen LogP contribution in [-0.2, 0) is 11.3 Å². The summed E-state index contributed by atoms with van der Waals surface area (Å²) in [5, 5.41) is 2.81. The van der Waals surface area contributed by atoms with Crippen molar-refractivity contribution < 1.29 is 18.9 Å². The predicted octanol–water partition coefficient (Wildman–Crippen LogP) is 0.966. The normalized spacial score (nSPS) is 13.1. The van der Waals surface area contributed by atoms with Crippen LogP contribution in [0.3, 0.4) is 0 Å². The highest BCUT2D eigenvalue weighted by molar-refractivity contribution is 5.95. The zero-order valence-corrected chi connectivity index (χ0v) is 13.7. The van der Waals surface area contributed by atoms with Crippen molar-refractivity contribution in [2.45, 2.75) is 19.5 Å². The van der Waals surface area contributed by atoms with Crippen molar-refractivity contribution in [3.8, 4) is 0 Å². The molecule has 0 aliphatic heterocycles. The average Bonchev–Trinajstić information content (AvgIpc) is 2.56. The Morgan fingerprint density at radius 1 is 1.12 bits per heavy atom. The highest BCUT2D eigenvalue weighted by Crippen LogP contribution is 2.09. The Hall–Kier alpha value is -2.73. The van der Waals surface area contributed by atoms with E-state index in [1.807, 2.05) is 14.0 Å². The number of quaternary nitrogens is 1. The van der Waals surface area contributed by atoms with Crippen LogP contribution in [-0.4, -0.2) is 24.9 Å². The molecule has 0 radical (unpaired) electrons. The second kappa shape index (κ2) is 7.70. The fraction of sp³-hybridized carbons (Fsp3) is 0.222. The molecule has 1 unspecified atom stereocenters. The lowest BCUT2D eigenvalue weighted by molar-refractivity contribution is -0.907. The van der Waals surface area contributed by atoms with Crippen LogP contribution in [0, 0.1) is 5.82 Å². The number of anilines is 1. The fourth-order valence-corrected chi connectivity index (χ4v) is 2.27. The number of likely N-dealkylation sites (N-methyl/N-ethyl adjacent to an activating group) is 1. The number of nitrogens with one attached hydrogen (secondary N) is 2. The smallest absolute Gasteiger partial charge is 0.282 e.